The molecule has 0 bridgehead atoms. The molecule has 1 heterocycles. The van der Waals surface area contributed by atoms with E-state index in [4.69, 9.17) is 5.11 Å². The van der Waals surface area contributed by atoms with E-state index in [1.807, 2.05) is 0 Å². The Morgan fingerprint density at radius 3 is 2.39 bits per heavy atom. The van der Waals surface area contributed by atoms with Gasteiger partial charge in [0.25, 0.3) is 6.43 Å². The van der Waals surface area contributed by atoms with Crippen LogP contribution in [0, 0.1) is 0 Å². The summed E-state index contributed by atoms with van der Waals surface area (Å²) < 4.78 is 61.9. The summed E-state index contributed by atoms with van der Waals surface area (Å²) in [6, 6.07) is 0.396. The minimum Gasteiger partial charge on any atom is -0.481 e. The molecule has 0 saturated heterocycles. The largest absolute Gasteiger partial charge is 0.481 e. The summed E-state index contributed by atoms with van der Waals surface area (Å²) in [7, 11) is 0. The van der Waals surface area contributed by atoms with Crippen LogP contribution in [0.3, 0.4) is 0 Å². The van der Waals surface area contributed by atoms with Gasteiger partial charge in [-0.1, -0.05) is 15.9 Å². The monoisotopic (exact) mass is 333 g/mol. The van der Waals surface area contributed by atoms with Crippen LogP contribution in [-0.4, -0.2) is 16.1 Å². The number of halogens is 6. The maximum absolute atomic E-state index is 12.6. The summed E-state index contributed by atoms with van der Waals surface area (Å²) in [6.07, 6.45) is -8.97. The molecule has 0 fully saturated rings. The van der Waals surface area contributed by atoms with Gasteiger partial charge in [-0.2, -0.15) is 13.2 Å². The number of carboxylic acid groups (broad SMARTS) is 1. The quantitative estimate of drug-likeness (QED) is 0.862. The molecule has 18 heavy (non-hydrogen) atoms. The van der Waals surface area contributed by atoms with Gasteiger partial charge >= 0.3 is 12.1 Å². The first-order valence-corrected chi connectivity index (χ1v) is 5.18. The number of hydrogen-bond acceptors (Lipinski definition) is 2. The van der Waals surface area contributed by atoms with Crippen molar-refractivity contribution < 1.29 is 31.9 Å². The van der Waals surface area contributed by atoms with Crippen molar-refractivity contribution in [2.45, 2.75) is 19.0 Å². The predicted octanol–water partition coefficient (Wildman–Crippen LogP) is 3.43. The molecule has 3 nitrogen and oxygen atoms in total. The predicted molar refractivity (Wildman–Crippen MR) is 53.2 cm³/mol. The molecule has 1 aromatic rings. The summed E-state index contributed by atoms with van der Waals surface area (Å²) in [5.74, 6) is -1.55. The van der Waals surface area contributed by atoms with Crippen molar-refractivity contribution >= 4 is 21.9 Å². The molecule has 0 unspecified atom stereocenters. The zero-order chi connectivity index (χ0) is 14.1. The van der Waals surface area contributed by atoms with Gasteiger partial charge in [-0.15, -0.1) is 0 Å². The van der Waals surface area contributed by atoms with Gasteiger partial charge in [0.05, 0.1) is 17.7 Å². The molecule has 1 aromatic heterocycles. The van der Waals surface area contributed by atoms with Crippen LogP contribution in [0.15, 0.2) is 10.5 Å². The number of carbonyl (C=O) groups is 1. The summed E-state index contributed by atoms with van der Waals surface area (Å²) in [5.41, 5.74) is -3.07. The van der Waals surface area contributed by atoms with E-state index in [1.54, 1.807) is 0 Å². The molecule has 0 aliphatic rings. The lowest BCUT2D eigenvalue weighted by molar-refractivity contribution is -0.142. The molecule has 1 N–H and O–H groups in total. The third-order valence-corrected chi connectivity index (χ3v) is 2.57. The molecule has 0 aliphatic carbocycles. The average Bonchev–Trinajstić information content (AvgIpc) is 2.13. The number of carboxylic acids is 1. The molecular weight excluding hydrogens is 329 g/mol. The van der Waals surface area contributed by atoms with Gasteiger partial charge in [0.15, 0.2) is 0 Å². The van der Waals surface area contributed by atoms with Crippen molar-refractivity contribution in [3.05, 3.63) is 27.5 Å². The maximum atomic E-state index is 12.6. The van der Waals surface area contributed by atoms with Crippen LogP contribution in [0.5, 0.6) is 0 Å². The number of aromatic nitrogens is 1. The van der Waals surface area contributed by atoms with E-state index in [1.165, 1.54) is 0 Å². The van der Waals surface area contributed by atoms with E-state index >= 15 is 0 Å². The maximum Gasteiger partial charge on any atom is 0.433 e. The Morgan fingerprint density at radius 2 is 2.00 bits per heavy atom. The van der Waals surface area contributed by atoms with Gasteiger partial charge in [0.1, 0.15) is 5.69 Å². The Morgan fingerprint density at radius 1 is 1.44 bits per heavy atom. The van der Waals surface area contributed by atoms with Gasteiger partial charge in [0, 0.05) is 4.47 Å². The molecule has 1 rings (SSSR count). The first-order chi connectivity index (χ1) is 8.12. The van der Waals surface area contributed by atoms with Gasteiger partial charge < -0.3 is 5.11 Å². The summed E-state index contributed by atoms with van der Waals surface area (Å²) in [6.45, 7) is 0. The molecule has 0 radical (unpaired) electrons. The van der Waals surface area contributed by atoms with Crippen molar-refractivity contribution in [3.8, 4) is 0 Å². The Labute approximate surface area is 106 Å². The minimum absolute atomic E-state index is 0.396. The number of alkyl halides is 5. The fourth-order valence-corrected chi connectivity index (χ4v) is 1.85. The lowest BCUT2D eigenvalue weighted by Crippen LogP contribution is -2.14. The van der Waals surface area contributed by atoms with Crippen molar-refractivity contribution in [1.29, 1.82) is 0 Å². The summed E-state index contributed by atoms with van der Waals surface area (Å²) >= 11 is 2.57. The van der Waals surface area contributed by atoms with Crippen molar-refractivity contribution in [1.82, 2.24) is 4.98 Å². The van der Waals surface area contributed by atoms with Crippen LogP contribution in [-0.2, 0) is 17.4 Å². The normalized spacial score (nSPS) is 11.9. The van der Waals surface area contributed by atoms with Gasteiger partial charge in [-0.25, -0.2) is 13.8 Å². The SMILES string of the molecule is O=C(O)Cc1nc(C(F)(F)F)cc(Br)c1C(F)F. The van der Waals surface area contributed by atoms with Crippen molar-refractivity contribution in [2.75, 3.05) is 0 Å². The molecule has 0 amide bonds. The molecule has 0 spiro atoms. The highest BCUT2D eigenvalue weighted by atomic mass is 79.9. The molecule has 9 heteroatoms. The van der Waals surface area contributed by atoms with E-state index in [2.05, 4.69) is 20.9 Å². The summed E-state index contributed by atoms with van der Waals surface area (Å²) in [5, 5.41) is 8.48. The molecular formula is C9H5BrF5NO2. The van der Waals surface area contributed by atoms with Crippen molar-refractivity contribution in [2.24, 2.45) is 0 Å². The smallest absolute Gasteiger partial charge is 0.433 e. The minimum atomic E-state index is -4.84. The van der Waals surface area contributed by atoms with Crippen LogP contribution in [0.1, 0.15) is 23.4 Å². The second-order valence-electron chi connectivity index (χ2n) is 3.22. The van der Waals surface area contributed by atoms with E-state index in [0.717, 1.165) is 0 Å². The van der Waals surface area contributed by atoms with E-state index < -0.39 is 46.4 Å². The van der Waals surface area contributed by atoms with E-state index in [-0.39, 0.29) is 0 Å². The third kappa shape index (κ3) is 3.37. The van der Waals surface area contributed by atoms with E-state index in [9.17, 15) is 26.7 Å². The number of pyridine rings is 1. The number of nitrogens with zero attached hydrogens (tertiary/aromatic N) is 1. The Hall–Kier alpha value is -1.25. The number of aliphatic carboxylic acids is 1. The Kier molecular flexibility index (Phi) is 4.25. The van der Waals surface area contributed by atoms with Crippen LogP contribution >= 0.6 is 15.9 Å². The molecule has 0 saturated carbocycles. The van der Waals surface area contributed by atoms with Crippen molar-refractivity contribution in [3.63, 3.8) is 0 Å². The average molecular weight is 334 g/mol. The lowest BCUT2D eigenvalue weighted by atomic mass is 10.1. The van der Waals surface area contributed by atoms with Crippen LogP contribution in [0.2, 0.25) is 0 Å². The van der Waals surface area contributed by atoms with Gasteiger partial charge in [-0.3, -0.25) is 4.79 Å². The Balaban J connectivity index is 3.42. The fourth-order valence-electron chi connectivity index (χ4n) is 1.23. The zero-order valence-corrected chi connectivity index (χ0v) is 10.0. The lowest BCUT2D eigenvalue weighted by Gasteiger charge is -2.13. The third-order valence-electron chi connectivity index (χ3n) is 1.91. The highest BCUT2D eigenvalue weighted by Gasteiger charge is 2.35. The Bertz CT molecular complexity index is 475. The number of rotatable bonds is 3. The molecule has 0 aliphatic heterocycles. The second kappa shape index (κ2) is 5.17. The first kappa shape index (κ1) is 14.8. The van der Waals surface area contributed by atoms with E-state index in [0.29, 0.717) is 6.07 Å². The molecule has 100 valence electrons. The highest BCUT2D eigenvalue weighted by molar-refractivity contribution is 9.10. The molecule has 0 aromatic carbocycles. The zero-order valence-electron chi connectivity index (χ0n) is 8.43. The standard InChI is InChI=1S/C9H5BrF5NO2/c10-3-1-5(9(13,14)15)16-4(2-6(17)18)7(3)8(11)12/h1,8H,2H2,(H,17,18). The topological polar surface area (TPSA) is 50.2 Å². The fraction of sp³-hybridized carbons (Fsp3) is 0.333. The second-order valence-corrected chi connectivity index (χ2v) is 4.07. The summed E-state index contributed by atoms with van der Waals surface area (Å²) in [4.78, 5) is 13.4. The van der Waals surface area contributed by atoms with Crippen LogP contribution in [0.4, 0.5) is 22.0 Å². The number of hydrogen-bond donors (Lipinski definition) is 1. The first-order valence-electron chi connectivity index (χ1n) is 4.39. The van der Waals surface area contributed by atoms with Gasteiger partial charge in [-0.05, 0) is 6.07 Å². The van der Waals surface area contributed by atoms with Crippen LogP contribution < -0.4 is 0 Å². The van der Waals surface area contributed by atoms with Gasteiger partial charge in [0.2, 0.25) is 0 Å². The molecule has 0 atom stereocenters. The van der Waals surface area contributed by atoms with Crippen LogP contribution in [0.25, 0.3) is 0 Å². The highest BCUT2D eigenvalue weighted by Crippen LogP contribution is 2.35.